The average Bonchev–Trinajstić information content (AvgIpc) is 2.99. The number of carboxylic acids is 1. The van der Waals surface area contributed by atoms with Gasteiger partial charge in [-0.15, -0.1) is 11.3 Å². The highest BCUT2D eigenvalue weighted by Gasteiger charge is 2.11. The molecule has 0 unspecified atom stereocenters. The maximum atomic E-state index is 10.8. The van der Waals surface area contributed by atoms with Crippen LogP contribution in [0.25, 0.3) is 10.6 Å². The van der Waals surface area contributed by atoms with Crippen LogP contribution in [0.5, 0.6) is 11.5 Å². The fourth-order valence-corrected chi connectivity index (χ4v) is 2.98. The van der Waals surface area contributed by atoms with Gasteiger partial charge in [0.15, 0.2) is 11.5 Å². The van der Waals surface area contributed by atoms with E-state index in [-0.39, 0.29) is 6.42 Å². The first-order valence-electron chi connectivity index (χ1n) is 7.61. The number of thiazole rings is 1. The summed E-state index contributed by atoms with van der Waals surface area (Å²) in [7, 11) is 5.66. The van der Waals surface area contributed by atoms with E-state index in [2.05, 4.69) is 9.88 Å². The van der Waals surface area contributed by atoms with Crippen molar-refractivity contribution in [1.29, 1.82) is 0 Å². The highest BCUT2D eigenvalue weighted by atomic mass is 32.1. The van der Waals surface area contributed by atoms with Crippen LogP contribution in [-0.4, -0.2) is 55.3 Å². The summed E-state index contributed by atoms with van der Waals surface area (Å²) < 4.78 is 11.2. The number of ether oxygens (including phenoxy) is 2. The lowest BCUT2D eigenvalue weighted by Crippen LogP contribution is -2.15. The van der Waals surface area contributed by atoms with Gasteiger partial charge in [-0.2, -0.15) is 0 Å². The molecule has 0 atom stereocenters. The van der Waals surface area contributed by atoms with Crippen molar-refractivity contribution < 1.29 is 19.4 Å². The smallest absolute Gasteiger partial charge is 0.309 e. The maximum absolute atomic E-state index is 10.8. The zero-order valence-electron chi connectivity index (χ0n) is 14.1. The normalized spacial score (nSPS) is 10.8. The second-order valence-electron chi connectivity index (χ2n) is 5.59. The molecule has 6 nitrogen and oxygen atoms in total. The number of carbonyl (C=O) groups is 1. The Morgan fingerprint density at radius 1 is 1.33 bits per heavy atom. The molecule has 1 aromatic heterocycles. The Balaban J connectivity index is 2.07. The molecule has 1 N–H and O–H groups in total. The van der Waals surface area contributed by atoms with E-state index >= 15 is 0 Å². The summed E-state index contributed by atoms with van der Waals surface area (Å²) in [5.41, 5.74) is 1.44. The number of hydrogen-bond acceptors (Lipinski definition) is 6. The van der Waals surface area contributed by atoms with Crippen molar-refractivity contribution >= 4 is 17.3 Å². The number of aromatic nitrogens is 1. The second-order valence-corrected chi connectivity index (χ2v) is 6.44. The highest BCUT2D eigenvalue weighted by molar-refractivity contribution is 7.13. The minimum absolute atomic E-state index is 0.0687. The van der Waals surface area contributed by atoms with E-state index in [1.54, 1.807) is 12.5 Å². The van der Waals surface area contributed by atoms with Crippen LogP contribution in [-0.2, 0) is 11.2 Å². The lowest BCUT2D eigenvalue weighted by molar-refractivity contribution is -0.136. The lowest BCUT2D eigenvalue weighted by Gasteiger charge is -2.13. The molecule has 7 heteroatoms. The molecule has 0 saturated carbocycles. The molecule has 130 valence electrons. The van der Waals surface area contributed by atoms with Gasteiger partial charge < -0.3 is 19.5 Å². The van der Waals surface area contributed by atoms with E-state index in [9.17, 15) is 4.79 Å². The number of carboxylic acid groups (broad SMARTS) is 1. The van der Waals surface area contributed by atoms with Crippen LogP contribution in [0.4, 0.5) is 0 Å². The van der Waals surface area contributed by atoms with Crippen molar-refractivity contribution in [3.8, 4) is 22.1 Å². The topological polar surface area (TPSA) is 71.9 Å². The van der Waals surface area contributed by atoms with Gasteiger partial charge in [0, 0.05) is 17.5 Å². The Kier molecular flexibility index (Phi) is 6.57. The zero-order valence-corrected chi connectivity index (χ0v) is 14.9. The van der Waals surface area contributed by atoms with E-state index in [1.165, 1.54) is 11.3 Å². The van der Waals surface area contributed by atoms with Gasteiger partial charge in [-0.25, -0.2) is 4.98 Å². The summed E-state index contributed by atoms with van der Waals surface area (Å²) in [6.07, 6.45) is 0.865. The van der Waals surface area contributed by atoms with Gasteiger partial charge in [0.25, 0.3) is 0 Å². The molecule has 0 spiro atoms. The van der Waals surface area contributed by atoms with Crippen LogP contribution < -0.4 is 9.47 Å². The van der Waals surface area contributed by atoms with Crippen LogP contribution in [0.2, 0.25) is 0 Å². The monoisotopic (exact) mass is 350 g/mol. The van der Waals surface area contributed by atoms with Crippen LogP contribution in [0.1, 0.15) is 12.1 Å². The van der Waals surface area contributed by atoms with Gasteiger partial charge >= 0.3 is 5.97 Å². The Labute approximate surface area is 145 Å². The number of benzene rings is 1. The van der Waals surface area contributed by atoms with Crippen LogP contribution in [0.15, 0.2) is 23.6 Å². The third-order valence-corrected chi connectivity index (χ3v) is 4.24. The standard InChI is InChI=1S/C17H22N2O4S/c1-19(2)7-4-8-23-14-6-5-12(9-15(14)22-3)17-18-13(11-24-17)10-16(20)21/h5-6,9,11H,4,7-8,10H2,1-3H3,(H,20,21). The molecule has 0 aliphatic rings. The molecule has 1 aromatic carbocycles. The SMILES string of the molecule is COc1cc(-c2nc(CC(=O)O)cs2)ccc1OCCCN(C)C. The Morgan fingerprint density at radius 2 is 2.12 bits per heavy atom. The molecule has 0 radical (unpaired) electrons. The molecule has 0 amide bonds. The molecule has 0 saturated heterocycles. The Hall–Kier alpha value is -2.12. The minimum atomic E-state index is -0.883. The summed E-state index contributed by atoms with van der Waals surface area (Å²) in [6.45, 7) is 1.58. The third kappa shape index (κ3) is 5.21. The molecule has 2 aromatic rings. The molecule has 1 heterocycles. The predicted octanol–water partition coefficient (Wildman–Crippen LogP) is 2.78. The molecule has 0 aliphatic carbocycles. The minimum Gasteiger partial charge on any atom is -0.493 e. The molecule has 24 heavy (non-hydrogen) atoms. The predicted molar refractivity (Wildman–Crippen MR) is 94.1 cm³/mol. The van der Waals surface area contributed by atoms with Gasteiger partial charge in [0.2, 0.25) is 0 Å². The van der Waals surface area contributed by atoms with E-state index < -0.39 is 5.97 Å². The van der Waals surface area contributed by atoms with E-state index in [0.29, 0.717) is 23.8 Å². The van der Waals surface area contributed by atoms with Gasteiger partial charge in [-0.05, 0) is 38.7 Å². The van der Waals surface area contributed by atoms with Crippen LogP contribution in [0, 0.1) is 0 Å². The van der Waals surface area contributed by atoms with Gasteiger partial charge in [0.05, 0.1) is 25.8 Å². The summed E-state index contributed by atoms with van der Waals surface area (Å²) >= 11 is 1.42. The second kappa shape index (κ2) is 8.65. The Morgan fingerprint density at radius 3 is 2.79 bits per heavy atom. The number of rotatable bonds is 9. The Bertz CT molecular complexity index is 685. The number of hydrogen-bond donors (Lipinski definition) is 1. The maximum Gasteiger partial charge on any atom is 0.309 e. The molecule has 0 fully saturated rings. The first kappa shape index (κ1) is 18.2. The van der Waals surface area contributed by atoms with Crippen molar-refractivity contribution in [2.45, 2.75) is 12.8 Å². The average molecular weight is 350 g/mol. The van der Waals surface area contributed by atoms with Crippen molar-refractivity contribution in [1.82, 2.24) is 9.88 Å². The number of aliphatic carboxylic acids is 1. The fraction of sp³-hybridized carbons (Fsp3) is 0.412. The fourth-order valence-electron chi connectivity index (χ4n) is 2.16. The number of methoxy groups -OCH3 is 1. The van der Waals surface area contributed by atoms with Crippen LogP contribution in [0.3, 0.4) is 0 Å². The molecular weight excluding hydrogens is 328 g/mol. The van der Waals surface area contributed by atoms with Crippen molar-refractivity contribution in [3.05, 3.63) is 29.3 Å². The largest absolute Gasteiger partial charge is 0.493 e. The number of nitrogens with zero attached hydrogens (tertiary/aromatic N) is 2. The zero-order chi connectivity index (χ0) is 17.5. The summed E-state index contributed by atoms with van der Waals surface area (Å²) in [6, 6.07) is 5.64. The van der Waals surface area contributed by atoms with Gasteiger partial charge in [-0.3, -0.25) is 4.79 Å². The van der Waals surface area contributed by atoms with E-state index in [1.807, 2.05) is 32.3 Å². The first-order valence-corrected chi connectivity index (χ1v) is 8.49. The molecule has 0 bridgehead atoms. The van der Waals surface area contributed by atoms with Gasteiger partial charge in [-0.1, -0.05) is 0 Å². The first-order chi connectivity index (χ1) is 11.5. The summed E-state index contributed by atoms with van der Waals surface area (Å²) in [5, 5.41) is 11.4. The van der Waals surface area contributed by atoms with Crippen molar-refractivity contribution in [2.24, 2.45) is 0 Å². The van der Waals surface area contributed by atoms with Crippen molar-refractivity contribution in [2.75, 3.05) is 34.4 Å². The highest BCUT2D eigenvalue weighted by Crippen LogP contribution is 2.33. The summed E-state index contributed by atoms with van der Waals surface area (Å²) in [4.78, 5) is 17.2. The third-order valence-electron chi connectivity index (χ3n) is 3.30. The van der Waals surface area contributed by atoms with E-state index in [4.69, 9.17) is 14.6 Å². The molecule has 0 aliphatic heterocycles. The summed E-state index contributed by atoms with van der Waals surface area (Å²) in [5.74, 6) is 0.459. The molecule has 2 rings (SSSR count). The van der Waals surface area contributed by atoms with Crippen LogP contribution >= 0.6 is 11.3 Å². The van der Waals surface area contributed by atoms with Crippen molar-refractivity contribution in [3.63, 3.8) is 0 Å². The quantitative estimate of drug-likeness (QED) is 0.701. The van der Waals surface area contributed by atoms with E-state index in [0.717, 1.165) is 23.5 Å². The lowest BCUT2D eigenvalue weighted by atomic mass is 10.2. The molecular formula is C17H22N2O4S. The van der Waals surface area contributed by atoms with Gasteiger partial charge in [0.1, 0.15) is 5.01 Å².